The van der Waals surface area contributed by atoms with Gasteiger partial charge in [0.25, 0.3) is 0 Å². The van der Waals surface area contributed by atoms with E-state index >= 15 is 0 Å². The summed E-state index contributed by atoms with van der Waals surface area (Å²) in [5.41, 5.74) is 1.03. The number of nitrogens with one attached hydrogen (secondary N) is 1. The zero-order valence-electron chi connectivity index (χ0n) is 13.3. The van der Waals surface area contributed by atoms with Crippen molar-refractivity contribution in [3.63, 3.8) is 0 Å². The molecule has 1 fully saturated rings. The van der Waals surface area contributed by atoms with Crippen LogP contribution in [0.1, 0.15) is 18.4 Å². The number of ether oxygens (including phenoxy) is 1. The predicted molar refractivity (Wildman–Crippen MR) is 87.5 cm³/mol. The van der Waals surface area contributed by atoms with Gasteiger partial charge in [-0.25, -0.2) is 9.78 Å². The maximum absolute atomic E-state index is 14.1. The molecule has 0 atom stereocenters. The third kappa shape index (κ3) is 4.04. The second-order valence-corrected chi connectivity index (χ2v) is 6.15. The van der Waals surface area contributed by atoms with E-state index in [4.69, 9.17) is 15.1 Å². The second-order valence-electron chi connectivity index (χ2n) is 6.15. The SMILES string of the molecule is N#Cc1cccc(-c2cc(OCC3(CNC(=O)O)CC3)cnc2F)c1. The van der Waals surface area contributed by atoms with Crippen LogP contribution in [-0.4, -0.2) is 29.3 Å². The quantitative estimate of drug-likeness (QED) is 0.787. The van der Waals surface area contributed by atoms with Gasteiger partial charge in [-0.3, -0.25) is 0 Å². The van der Waals surface area contributed by atoms with Crippen LogP contribution in [0.25, 0.3) is 11.1 Å². The van der Waals surface area contributed by atoms with Crippen molar-refractivity contribution in [2.75, 3.05) is 13.2 Å². The number of hydrogen-bond acceptors (Lipinski definition) is 4. The summed E-state index contributed by atoms with van der Waals surface area (Å²) in [4.78, 5) is 14.3. The van der Waals surface area contributed by atoms with E-state index in [1.165, 1.54) is 6.20 Å². The maximum atomic E-state index is 14.1. The second kappa shape index (κ2) is 6.77. The third-order valence-corrected chi connectivity index (χ3v) is 4.23. The molecule has 2 N–H and O–H groups in total. The molecule has 3 rings (SSSR count). The number of carboxylic acid groups (broad SMARTS) is 1. The lowest BCUT2D eigenvalue weighted by Crippen LogP contribution is -2.31. The molecule has 0 spiro atoms. The fourth-order valence-electron chi connectivity index (χ4n) is 2.52. The number of benzene rings is 1. The van der Waals surface area contributed by atoms with E-state index in [-0.39, 0.29) is 11.0 Å². The highest BCUT2D eigenvalue weighted by Gasteiger charge is 2.43. The topological polar surface area (TPSA) is 95.2 Å². The number of pyridine rings is 1. The van der Waals surface area contributed by atoms with Gasteiger partial charge in [-0.1, -0.05) is 12.1 Å². The number of aromatic nitrogens is 1. The molecule has 0 aliphatic heterocycles. The minimum absolute atomic E-state index is 0.201. The Balaban J connectivity index is 1.74. The predicted octanol–water partition coefficient (Wildman–Crippen LogP) is 3.19. The van der Waals surface area contributed by atoms with Gasteiger partial charge >= 0.3 is 6.09 Å². The number of carbonyl (C=O) groups is 1. The molecule has 1 heterocycles. The van der Waals surface area contributed by atoms with Gasteiger partial charge in [-0.15, -0.1) is 0 Å². The first kappa shape index (κ1) is 16.7. The van der Waals surface area contributed by atoms with Crippen molar-refractivity contribution >= 4 is 6.09 Å². The molecule has 1 aliphatic rings. The number of hydrogen-bond donors (Lipinski definition) is 2. The summed E-state index contributed by atoms with van der Waals surface area (Å²) in [5, 5.41) is 20.0. The van der Waals surface area contributed by atoms with E-state index < -0.39 is 12.0 Å². The Morgan fingerprint density at radius 2 is 2.24 bits per heavy atom. The molecule has 0 radical (unpaired) electrons. The van der Waals surface area contributed by atoms with Gasteiger partial charge < -0.3 is 15.2 Å². The lowest BCUT2D eigenvalue weighted by molar-refractivity contribution is 0.183. The molecule has 2 aromatic rings. The summed E-state index contributed by atoms with van der Waals surface area (Å²) in [6.07, 6.45) is 1.99. The highest BCUT2D eigenvalue weighted by atomic mass is 19.1. The summed E-state index contributed by atoms with van der Waals surface area (Å²) in [7, 11) is 0. The van der Waals surface area contributed by atoms with Gasteiger partial charge in [-0.05, 0) is 36.6 Å². The Morgan fingerprint density at radius 1 is 1.44 bits per heavy atom. The molecule has 1 aromatic heterocycles. The van der Waals surface area contributed by atoms with Crippen molar-refractivity contribution in [2.24, 2.45) is 5.41 Å². The summed E-state index contributed by atoms with van der Waals surface area (Å²) < 4.78 is 19.8. The average molecular weight is 341 g/mol. The minimum Gasteiger partial charge on any atom is -0.491 e. The van der Waals surface area contributed by atoms with Gasteiger partial charge in [0.1, 0.15) is 5.75 Å². The van der Waals surface area contributed by atoms with Gasteiger partial charge in [-0.2, -0.15) is 9.65 Å². The number of nitriles is 1. The number of halogens is 1. The molecule has 25 heavy (non-hydrogen) atoms. The van der Waals surface area contributed by atoms with E-state index in [0.29, 0.717) is 30.0 Å². The van der Waals surface area contributed by atoms with Crippen LogP contribution in [0.2, 0.25) is 0 Å². The van der Waals surface area contributed by atoms with Crippen molar-refractivity contribution in [1.82, 2.24) is 10.3 Å². The Bertz CT molecular complexity index is 844. The highest BCUT2D eigenvalue weighted by molar-refractivity contribution is 5.66. The van der Waals surface area contributed by atoms with Crippen LogP contribution in [0.5, 0.6) is 5.75 Å². The van der Waals surface area contributed by atoms with Gasteiger partial charge in [0.15, 0.2) is 0 Å². The van der Waals surface area contributed by atoms with Crippen LogP contribution in [0.4, 0.5) is 9.18 Å². The molecule has 1 amide bonds. The molecule has 0 unspecified atom stereocenters. The van der Waals surface area contributed by atoms with Crippen molar-refractivity contribution < 1.29 is 19.0 Å². The summed E-state index contributed by atoms with van der Waals surface area (Å²) in [6, 6.07) is 10.2. The van der Waals surface area contributed by atoms with E-state index in [9.17, 15) is 9.18 Å². The molecular weight excluding hydrogens is 325 g/mol. The Hall–Kier alpha value is -3.14. The van der Waals surface area contributed by atoms with Gasteiger partial charge in [0, 0.05) is 17.5 Å². The van der Waals surface area contributed by atoms with E-state index in [2.05, 4.69) is 10.3 Å². The lowest BCUT2D eigenvalue weighted by atomic mass is 10.0. The summed E-state index contributed by atoms with van der Waals surface area (Å²) >= 11 is 0. The number of nitrogens with zero attached hydrogens (tertiary/aromatic N) is 2. The maximum Gasteiger partial charge on any atom is 0.404 e. The minimum atomic E-state index is -1.06. The Morgan fingerprint density at radius 3 is 2.92 bits per heavy atom. The first-order valence-corrected chi connectivity index (χ1v) is 7.77. The molecule has 128 valence electrons. The third-order valence-electron chi connectivity index (χ3n) is 4.23. The van der Waals surface area contributed by atoms with Crippen molar-refractivity contribution in [3.05, 3.63) is 48.0 Å². The van der Waals surface area contributed by atoms with Crippen molar-refractivity contribution in [2.45, 2.75) is 12.8 Å². The first-order chi connectivity index (χ1) is 12.0. The molecule has 1 aliphatic carbocycles. The number of rotatable bonds is 6. The molecule has 7 heteroatoms. The first-order valence-electron chi connectivity index (χ1n) is 7.77. The summed E-state index contributed by atoms with van der Waals surface area (Å²) in [5.74, 6) is -0.239. The molecule has 0 bridgehead atoms. The molecule has 1 aromatic carbocycles. The molecule has 0 saturated heterocycles. The van der Waals surface area contributed by atoms with E-state index in [1.54, 1.807) is 30.3 Å². The summed E-state index contributed by atoms with van der Waals surface area (Å²) in [6.45, 7) is 0.659. The Labute approximate surface area is 143 Å². The van der Waals surface area contributed by atoms with Crippen LogP contribution in [-0.2, 0) is 0 Å². The molecular formula is C18H16FN3O3. The molecule has 1 saturated carbocycles. The molecule has 6 nitrogen and oxygen atoms in total. The van der Waals surface area contributed by atoms with E-state index in [0.717, 1.165) is 12.8 Å². The van der Waals surface area contributed by atoms with Gasteiger partial charge in [0.05, 0.1) is 24.4 Å². The van der Waals surface area contributed by atoms with Crippen LogP contribution in [0, 0.1) is 22.7 Å². The smallest absolute Gasteiger partial charge is 0.404 e. The van der Waals surface area contributed by atoms with Crippen LogP contribution in [0.3, 0.4) is 0 Å². The van der Waals surface area contributed by atoms with Crippen molar-refractivity contribution in [1.29, 1.82) is 5.26 Å². The largest absolute Gasteiger partial charge is 0.491 e. The van der Waals surface area contributed by atoms with E-state index in [1.807, 2.05) is 6.07 Å². The average Bonchev–Trinajstić information content (AvgIpc) is 3.40. The van der Waals surface area contributed by atoms with Crippen LogP contribution >= 0.6 is 0 Å². The van der Waals surface area contributed by atoms with Crippen molar-refractivity contribution in [3.8, 4) is 22.9 Å². The van der Waals surface area contributed by atoms with Crippen LogP contribution < -0.4 is 10.1 Å². The lowest BCUT2D eigenvalue weighted by Gasteiger charge is -2.16. The Kier molecular flexibility index (Phi) is 4.52. The zero-order chi connectivity index (χ0) is 17.9. The normalized spacial score (nSPS) is 14.4. The highest BCUT2D eigenvalue weighted by Crippen LogP contribution is 2.45. The fraction of sp³-hybridized carbons (Fsp3) is 0.278. The zero-order valence-corrected chi connectivity index (χ0v) is 13.3. The van der Waals surface area contributed by atoms with Gasteiger partial charge in [0.2, 0.25) is 5.95 Å². The monoisotopic (exact) mass is 341 g/mol. The van der Waals surface area contributed by atoms with Crippen LogP contribution in [0.15, 0.2) is 36.5 Å². The standard InChI is InChI=1S/C18H16FN3O3/c19-16-15(13-3-1-2-12(6-13)8-20)7-14(9-21-16)25-11-18(4-5-18)10-22-17(23)24/h1-3,6-7,9,22H,4-5,10-11H2,(H,23,24). The fourth-order valence-corrected chi connectivity index (χ4v) is 2.52. The number of amides is 1.